The van der Waals surface area contributed by atoms with Crippen molar-refractivity contribution in [3.05, 3.63) is 0 Å². The molecule has 1 fully saturated rings. The Morgan fingerprint density at radius 2 is 0.307 bits per heavy atom. The summed E-state index contributed by atoms with van der Waals surface area (Å²) in [6, 6.07) is 0. The molecule has 678 valence electrons. The van der Waals surface area contributed by atoms with E-state index >= 15 is 0 Å². The maximum Gasteiger partial charge on any atom is 0.309 e. The van der Waals surface area contributed by atoms with Gasteiger partial charge in [-0.2, -0.15) is 0 Å². The standard InChI is InChI=1S/C105H207N3O6/c1-10-16-22-28-34-40-46-52-58-64-70-76-85-106(86-77-71-65-59-53-47-41-35-29-23-17-11-2)91-82-97(7)112-103(109)100-94-101(104(110)113-98(8)83-92-107(87-78-72-66-60-54-48-42-36-30-24-18-12-3)88-79-73-67-61-55-49-43-37-31-25-19-13-4)96-102(95-100)105(111)114-99(9)84-93-108(89-80-74-68-62-56-50-44-38-32-26-20-14-5)90-81-75-69-63-57-51-45-39-33-27-21-15-6/h97-102H,10-96H2,1-9H3/t97?,98?,99?,100-,101+,102-. The fourth-order valence-electron chi connectivity index (χ4n) is 18.1. The van der Waals surface area contributed by atoms with Gasteiger partial charge in [0, 0.05) is 19.6 Å². The highest BCUT2D eigenvalue weighted by atomic mass is 16.6. The van der Waals surface area contributed by atoms with Crippen molar-refractivity contribution < 1.29 is 28.6 Å². The molecule has 1 aliphatic rings. The summed E-state index contributed by atoms with van der Waals surface area (Å²) in [5.41, 5.74) is 0. The fraction of sp³-hybridized carbons (Fsp3) is 0.971. The smallest absolute Gasteiger partial charge is 0.309 e. The molecule has 0 amide bonds. The second-order valence-corrected chi connectivity index (χ2v) is 37.8. The highest BCUT2D eigenvalue weighted by Crippen LogP contribution is 2.37. The summed E-state index contributed by atoms with van der Waals surface area (Å²) in [5, 5.41) is 0. The fourth-order valence-corrected chi connectivity index (χ4v) is 18.1. The average molecular weight is 1610 g/mol. The number of rotatable bonds is 93. The van der Waals surface area contributed by atoms with Crippen LogP contribution < -0.4 is 0 Å². The molecular formula is C105H207N3O6. The molecule has 0 aromatic carbocycles. The van der Waals surface area contributed by atoms with Crippen molar-refractivity contribution in [2.75, 3.05) is 58.9 Å². The molecule has 0 aromatic heterocycles. The van der Waals surface area contributed by atoms with Crippen LogP contribution in [0.5, 0.6) is 0 Å². The van der Waals surface area contributed by atoms with Gasteiger partial charge in [-0.25, -0.2) is 0 Å². The minimum atomic E-state index is -0.566. The van der Waals surface area contributed by atoms with Crippen molar-refractivity contribution in [2.45, 2.75) is 581 Å². The van der Waals surface area contributed by atoms with E-state index < -0.39 is 17.8 Å². The van der Waals surface area contributed by atoms with E-state index in [2.05, 4.69) is 77.0 Å². The van der Waals surface area contributed by atoms with Crippen LogP contribution in [-0.4, -0.2) is 110 Å². The quantitative estimate of drug-likeness (QED) is 0.0336. The van der Waals surface area contributed by atoms with Gasteiger partial charge in [0.25, 0.3) is 0 Å². The SMILES string of the molecule is CCCCCCCCCCCCCCN(CCCCCCCCCCCCCC)CCC(C)OC(=O)[C@H]1C[C@@H](C(=O)OC(C)CCN(CCCCCCCCCCCCCC)CCCCCCCCCCCCCC)C[C@@H](C(=O)OC(C)CCN(CCCCCCCCCCCCCC)CCCCCCCCCCCCCC)C1. The van der Waals surface area contributed by atoms with Gasteiger partial charge < -0.3 is 28.9 Å². The normalized spacial score (nSPS) is 15.4. The summed E-state index contributed by atoms with van der Waals surface area (Å²) >= 11 is 0. The summed E-state index contributed by atoms with van der Waals surface area (Å²) in [5.74, 6) is -2.48. The number of ether oxygens (including phenoxy) is 3. The summed E-state index contributed by atoms with van der Waals surface area (Å²) in [4.78, 5) is 52.2. The minimum Gasteiger partial charge on any atom is -0.462 e. The van der Waals surface area contributed by atoms with E-state index in [4.69, 9.17) is 14.2 Å². The van der Waals surface area contributed by atoms with Gasteiger partial charge in [-0.1, -0.05) is 465 Å². The summed E-state index contributed by atoms with van der Waals surface area (Å²) < 4.78 is 19.4. The molecule has 0 N–H and O–H groups in total. The third kappa shape index (κ3) is 74.1. The molecule has 0 heterocycles. The van der Waals surface area contributed by atoms with E-state index in [0.717, 1.165) is 78.2 Å². The molecular weight excluding hydrogens is 1400 g/mol. The van der Waals surface area contributed by atoms with Crippen LogP contribution in [0, 0.1) is 17.8 Å². The number of hydrogen-bond acceptors (Lipinski definition) is 9. The molecule has 0 saturated heterocycles. The Hall–Kier alpha value is -1.71. The van der Waals surface area contributed by atoms with Crippen LogP contribution in [0.3, 0.4) is 0 Å². The van der Waals surface area contributed by atoms with E-state index in [1.807, 2.05) is 0 Å². The largest absolute Gasteiger partial charge is 0.462 e. The number of carbonyl (C=O) groups is 3. The molecule has 9 nitrogen and oxygen atoms in total. The van der Waals surface area contributed by atoms with Crippen LogP contribution in [0.4, 0.5) is 0 Å². The zero-order valence-electron chi connectivity index (χ0n) is 79.3. The second kappa shape index (κ2) is 87.6. The first kappa shape index (κ1) is 110. The molecule has 9 heteroatoms. The maximum atomic E-state index is 14.7. The Morgan fingerprint density at radius 3 is 0.430 bits per heavy atom. The van der Waals surface area contributed by atoms with Gasteiger partial charge in [-0.05, 0) is 137 Å². The molecule has 0 bridgehead atoms. The van der Waals surface area contributed by atoms with Crippen molar-refractivity contribution in [2.24, 2.45) is 17.8 Å². The molecule has 0 radical (unpaired) electrons. The molecule has 0 aliphatic heterocycles. The highest BCUT2D eigenvalue weighted by Gasteiger charge is 2.42. The molecule has 3 atom stereocenters. The number of nitrogens with zero attached hydrogens (tertiary/aromatic N) is 3. The van der Waals surface area contributed by atoms with Crippen molar-refractivity contribution in [3.8, 4) is 0 Å². The predicted octanol–water partition coefficient (Wildman–Crippen LogP) is 33.1. The van der Waals surface area contributed by atoms with Crippen LogP contribution in [0.25, 0.3) is 0 Å². The molecule has 1 saturated carbocycles. The summed E-state index contributed by atoms with van der Waals surface area (Å²) in [7, 11) is 0. The maximum absolute atomic E-state index is 14.7. The third-order valence-electron chi connectivity index (χ3n) is 26.2. The van der Waals surface area contributed by atoms with Crippen LogP contribution in [0.2, 0.25) is 0 Å². The predicted molar refractivity (Wildman–Crippen MR) is 501 cm³/mol. The second-order valence-electron chi connectivity index (χ2n) is 37.8. The van der Waals surface area contributed by atoms with Crippen LogP contribution >= 0.6 is 0 Å². The van der Waals surface area contributed by atoms with E-state index in [1.54, 1.807) is 0 Å². The van der Waals surface area contributed by atoms with Crippen LogP contribution in [0.15, 0.2) is 0 Å². The molecule has 1 aliphatic carbocycles. The number of carbonyl (C=O) groups excluding carboxylic acids is 3. The topological polar surface area (TPSA) is 88.6 Å². The first-order chi connectivity index (χ1) is 56.0. The Balaban J connectivity index is 3.28. The lowest BCUT2D eigenvalue weighted by Gasteiger charge is -2.33. The number of unbranched alkanes of at least 4 members (excludes halogenated alkanes) is 66. The van der Waals surface area contributed by atoms with Crippen molar-refractivity contribution in [3.63, 3.8) is 0 Å². The Labute approximate surface area is 715 Å². The van der Waals surface area contributed by atoms with E-state index in [0.29, 0.717) is 19.3 Å². The monoisotopic (exact) mass is 1610 g/mol. The first-order valence-electron chi connectivity index (χ1n) is 52.8. The number of hydrogen-bond donors (Lipinski definition) is 0. The van der Waals surface area contributed by atoms with E-state index in [-0.39, 0.29) is 36.2 Å². The third-order valence-corrected chi connectivity index (χ3v) is 26.2. The van der Waals surface area contributed by atoms with Gasteiger partial charge in [0.2, 0.25) is 0 Å². The lowest BCUT2D eigenvalue weighted by atomic mass is 9.75. The minimum absolute atomic E-state index is 0.259. The van der Waals surface area contributed by atoms with Gasteiger partial charge in [0.15, 0.2) is 0 Å². The van der Waals surface area contributed by atoms with Crippen molar-refractivity contribution in [1.29, 1.82) is 0 Å². The number of esters is 3. The highest BCUT2D eigenvalue weighted by molar-refractivity contribution is 5.80. The molecule has 3 unspecified atom stereocenters. The van der Waals surface area contributed by atoms with E-state index in [9.17, 15) is 14.4 Å². The zero-order valence-corrected chi connectivity index (χ0v) is 79.3. The van der Waals surface area contributed by atoms with Gasteiger partial charge in [0.05, 0.1) is 17.8 Å². The molecule has 0 aromatic rings. The first-order valence-corrected chi connectivity index (χ1v) is 52.8. The van der Waals surface area contributed by atoms with Gasteiger partial charge >= 0.3 is 17.9 Å². The van der Waals surface area contributed by atoms with Gasteiger partial charge in [-0.15, -0.1) is 0 Å². The zero-order chi connectivity index (χ0) is 82.6. The van der Waals surface area contributed by atoms with Crippen LogP contribution in [-0.2, 0) is 28.6 Å². The van der Waals surface area contributed by atoms with Crippen molar-refractivity contribution in [1.82, 2.24) is 14.7 Å². The lowest BCUT2D eigenvalue weighted by Crippen LogP contribution is -2.39. The van der Waals surface area contributed by atoms with E-state index in [1.165, 1.54) is 462 Å². The Kier molecular flexibility index (Phi) is 84.8. The van der Waals surface area contributed by atoms with Gasteiger partial charge in [0.1, 0.15) is 18.3 Å². The van der Waals surface area contributed by atoms with Crippen molar-refractivity contribution >= 4 is 17.9 Å². The Morgan fingerprint density at radius 1 is 0.193 bits per heavy atom. The summed E-state index contributed by atoms with van der Waals surface area (Å²) in [6.45, 7) is 29.5. The average Bonchev–Trinajstić information content (AvgIpc) is 0.821. The summed E-state index contributed by atoms with van der Waals surface area (Å²) in [6.07, 6.45) is 100. The van der Waals surface area contributed by atoms with Gasteiger partial charge in [-0.3, -0.25) is 14.4 Å². The Bertz CT molecular complexity index is 1650. The molecule has 114 heavy (non-hydrogen) atoms. The lowest BCUT2D eigenvalue weighted by molar-refractivity contribution is -0.166. The van der Waals surface area contributed by atoms with Crippen LogP contribution in [0.1, 0.15) is 563 Å². The molecule has 1 rings (SSSR count). The molecule has 0 spiro atoms.